The van der Waals surface area contributed by atoms with Crippen LogP contribution in [0.15, 0.2) is 24.3 Å². The Kier molecular flexibility index (Phi) is 4.43. The summed E-state index contributed by atoms with van der Waals surface area (Å²) >= 11 is 0. The van der Waals surface area contributed by atoms with Crippen molar-refractivity contribution < 1.29 is 15.0 Å². The van der Waals surface area contributed by atoms with Gasteiger partial charge in [0.2, 0.25) is 0 Å². The fourth-order valence-electron chi connectivity index (χ4n) is 3.05. The molecule has 1 heterocycles. The summed E-state index contributed by atoms with van der Waals surface area (Å²) in [6, 6.07) is 7.63. The Balaban J connectivity index is 2.16. The van der Waals surface area contributed by atoms with Crippen LogP contribution in [0.2, 0.25) is 0 Å². The molecule has 2 atom stereocenters. The van der Waals surface area contributed by atoms with Gasteiger partial charge >= 0.3 is 5.97 Å². The average molecular weight is 263 g/mol. The van der Waals surface area contributed by atoms with E-state index in [9.17, 15) is 9.90 Å². The summed E-state index contributed by atoms with van der Waals surface area (Å²) in [6.45, 7) is 3.07. The Labute approximate surface area is 113 Å². The van der Waals surface area contributed by atoms with Crippen LogP contribution in [-0.4, -0.2) is 33.7 Å². The van der Waals surface area contributed by atoms with E-state index in [2.05, 4.69) is 11.8 Å². The SMILES string of the molecule is CCC(c1ccc(O)cc1)N1CCCC1CC(=O)O. The highest BCUT2D eigenvalue weighted by Crippen LogP contribution is 2.33. The van der Waals surface area contributed by atoms with Crippen LogP contribution in [0.5, 0.6) is 5.75 Å². The highest BCUT2D eigenvalue weighted by atomic mass is 16.4. The molecular weight excluding hydrogens is 242 g/mol. The van der Waals surface area contributed by atoms with Gasteiger partial charge in [0.25, 0.3) is 0 Å². The average Bonchev–Trinajstić information content (AvgIpc) is 2.80. The number of nitrogens with zero attached hydrogens (tertiary/aromatic N) is 1. The van der Waals surface area contributed by atoms with Gasteiger partial charge in [-0.05, 0) is 43.5 Å². The standard InChI is InChI=1S/C15H21NO3/c1-2-14(11-5-7-13(17)8-6-11)16-9-3-4-12(16)10-15(18)19/h5-8,12,14,17H,2-4,9-10H2,1H3,(H,18,19). The maximum Gasteiger partial charge on any atom is 0.304 e. The molecule has 1 aliphatic rings. The van der Waals surface area contributed by atoms with E-state index in [1.165, 1.54) is 0 Å². The van der Waals surface area contributed by atoms with Crippen molar-refractivity contribution in [2.24, 2.45) is 0 Å². The van der Waals surface area contributed by atoms with Gasteiger partial charge in [0.05, 0.1) is 6.42 Å². The van der Waals surface area contributed by atoms with Crippen molar-refractivity contribution in [3.8, 4) is 5.75 Å². The van der Waals surface area contributed by atoms with Crippen LogP contribution in [0.4, 0.5) is 0 Å². The number of aromatic hydroxyl groups is 1. The van der Waals surface area contributed by atoms with Crippen LogP contribution in [-0.2, 0) is 4.79 Å². The summed E-state index contributed by atoms with van der Waals surface area (Å²) in [6.07, 6.45) is 3.18. The molecule has 1 fully saturated rings. The van der Waals surface area contributed by atoms with Crippen LogP contribution in [0.25, 0.3) is 0 Å². The number of rotatable bonds is 5. The number of hydrogen-bond donors (Lipinski definition) is 2. The van der Waals surface area contributed by atoms with Crippen molar-refractivity contribution in [3.05, 3.63) is 29.8 Å². The Morgan fingerprint density at radius 1 is 1.42 bits per heavy atom. The number of hydrogen-bond acceptors (Lipinski definition) is 3. The predicted octanol–water partition coefficient (Wildman–Crippen LogP) is 2.78. The first-order chi connectivity index (χ1) is 9.11. The van der Waals surface area contributed by atoms with Gasteiger partial charge in [-0.1, -0.05) is 19.1 Å². The minimum absolute atomic E-state index is 0.135. The molecular formula is C15H21NO3. The zero-order chi connectivity index (χ0) is 13.8. The van der Waals surface area contributed by atoms with Gasteiger partial charge in [0.1, 0.15) is 5.75 Å². The Bertz CT molecular complexity index is 430. The normalized spacial score (nSPS) is 21.4. The van der Waals surface area contributed by atoms with Gasteiger partial charge in [0, 0.05) is 12.1 Å². The predicted molar refractivity (Wildman–Crippen MR) is 73.1 cm³/mol. The van der Waals surface area contributed by atoms with Gasteiger partial charge in [-0.2, -0.15) is 0 Å². The van der Waals surface area contributed by atoms with Gasteiger partial charge in [-0.3, -0.25) is 9.69 Å². The lowest BCUT2D eigenvalue weighted by Gasteiger charge is -2.32. The molecule has 104 valence electrons. The number of carboxylic acids is 1. The second-order valence-electron chi connectivity index (χ2n) is 5.15. The molecule has 4 nitrogen and oxygen atoms in total. The van der Waals surface area contributed by atoms with Crippen molar-refractivity contribution in [3.63, 3.8) is 0 Å². The monoisotopic (exact) mass is 263 g/mol. The highest BCUT2D eigenvalue weighted by molar-refractivity contribution is 5.67. The number of carboxylic acid groups (broad SMARTS) is 1. The highest BCUT2D eigenvalue weighted by Gasteiger charge is 2.31. The van der Waals surface area contributed by atoms with Gasteiger partial charge in [-0.15, -0.1) is 0 Å². The number of carbonyl (C=O) groups is 1. The van der Waals surface area contributed by atoms with Crippen LogP contribution >= 0.6 is 0 Å². The van der Waals surface area contributed by atoms with Crippen LogP contribution in [0, 0.1) is 0 Å². The molecule has 0 radical (unpaired) electrons. The van der Waals surface area contributed by atoms with Crippen LogP contribution < -0.4 is 0 Å². The topological polar surface area (TPSA) is 60.8 Å². The molecule has 2 unspecified atom stereocenters. The molecule has 19 heavy (non-hydrogen) atoms. The van der Waals surface area contributed by atoms with E-state index in [0.717, 1.165) is 31.4 Å². The summed E-state index contributed by atoms with van der Waals surface area (Å²) in [5.41, 5.74) is 1.15. The van der Waals surface area contributed by atoms with Crippen LogP contribution in [0.1, 0.15) is 44.2 Å². The Hall–Kier alpha value is -1.55. The quantitative estimate of drug-likeness (QED) is 0.857. The molecule has 4 heteroatoms. The smallest absolute Gasteiger partial charge is 0.304 e. The second-order valence-corrected chi connectivity index (χ2v) is 5.15. The number of aliphatic carboxylic acids is 1. The lowest BCUT2D eigenvalue weighted by molar-refractivity contribution is -0.138. The summed E-state index contributed by atoms with van der Waals surface area (Å²) in [5, 5.41) is 18.3. The van der Waals surface area contributed by atoms with Crippen molar-refractivity contribution in [1.29, 1.82) is 0 Å². The molecule has 0 spiro atoms. The second kappa shape index (κ2) is 6.06. The fourth-order valence-corrected chi connectivity index (χ4v) is 3.05. The number of phenolic OH excluding ortho intramolecular Hbond substituents is 1. The molecule has 1 aromatic carbocycles. The van der Waals surface area contributed by atoms with E-state index in [-0.39, 0.29) is 24.3 Å². The number of phenols is 1. The van der Waals surface area contributed by atoms with Crippen molar-refractivity contribution in [2.45, 2.75) is 44.7 Å². The van der Waals surface area contributed by atoms with Crippen LogP contribution in [0.3, 0.4) is 0 Å². The zero-order valence-corrected chi connectivity index (χ0v) is 11.2. The molecule has 1 aromatic rings. The molecule has 1 aliphatic heterocycles. The van der Waals surface area contributed by atoms with Crippen molar-refractivity contribution in [2.75, 3.05) is 6.54 Å². The largest absolute Gasteiger partial charge is 0.508 e. The first-order valence-electron chi connectivity index (χ1n) is 6.88. The molecule has 0 amide bonds. The number of likely N-dealkylation sites (tertiary alicyclic amines) is 1. The molecule has 0 aromatic heterocycles. The molecule has 0 aliphatic carbocycles. The van der Waals surface area contributed by atoms with Gasteiger partial charge in [-0.25, -0.2) is 0 Å². The fraction of sp³-hybridized carbons (Fsp3) is 0.533. The minimum Gasteiger partial charge on any atom is -0.508 e. The van der Waals surface area contributed by atoms with E-state index >= 15 is 0 Å². The Morgan fingerprint density at radius 2 is 2.11 bits per heavy atom. The molecule has 0 saturated carbocycles. The molecule has 0 bridgehead atoms. The first kappa shape index (κ1) is 13.9. The zero-order valence-electron chi connectivity index (χ0n) is 11.2. The Morgan fingerprint density at radius 3 is 2.68 bits per heavy atom. The van der Waals surface area contributed by atoms with Gasteiger partial charge in [0.15, 0.2) is 0 Å². The third-order valence-electron chi connectivity index (χ3n) is 3.90. The first-order valence-corrected chi connectivity index (χ1v) is 6.88. The number of benzene rings is 1. The minimum atomic E-state index is -0.725. The maximum absolute atomic E-state index is 10.9. The van der Waals surface area contributed by atoms with E-state index in [0.29, 0.717) is 0 Å². The van der Waals surface area contributed by atoms with E-state index in [4.69, 9.17) is 5.11 Å². The lowest BCUT2D eigenvalue weighted by Crippen LogP contribution is -2.34. The summed E-state index contributed by atoms with van der Waals surface area (Å²) in [5.74, 6) is -0.459. The van der Waals surface area contributed by atoms with E-state index in [1.54, 1.807) is 12.1 Å². The van der Waals surface area contributed by atoms with E-state index < -0.39 is 5.97 Å². The maximum atomic E-state index is 10.9. The summed E-state index contributed by atoms with van der Waals surface area (Å²) in [7, 11) is 0. The van der Waals surface area contributed by atoms with E-state index in [1.807, 2.05) is 12.1 Å². The van der Waals surface area contributed by atoms with Gasteiger partial charge < -0.3 is 10.2 Å². The summed E-state index contributed by atoms with van der Waals surface area (Å²) < 4.78 is 0. The van der Waals surface area contributed by atoms with Crippen molar-refractivity contribution >= 4 is 5.97 Å². The molecule has 2 N–H and O–H groups in total. The molecule has 1 saturated heterocycles. The molecule has 2 rings (SSSR count). The summed E-state index contributed by atoms with van der Waals surface area (Å²) in [4.78, 5) is 13.2. The lowest BCUT2D eigenvalue weighted by atomic mass is 10.0. The van der Waals surface area contributed by atoms with Crippen molar-refractivity contribution in [1.82, 2.24) is 4.90 Å². The third kappa shape index (κ3) is 3.26. The third-order valence-corrected chi connectivity index (χ3v) is 3.90.